The fourth-order valence-electron chi connectivity index (χ4n) is 0.865. The summed E-state index contributed by atoms with van der Waals surface area (Å²) in [5, 5.41) is 6.26. The van der Waals surface area contributed by atoms with Crippen molar-refractivity contribution in [1.82, 2.24) is 15.2 Å². The average Bonchev–Trinajstić information content (AvgIpc) is 2.06. The van der Waals surface area contributed by atoms with E-state index in [1.807, 2.05) is 0 Å². The lowest BCUT2D eigenvalue weighted by Crippen LogP contribution is -2.17. The van der Waals surface area contributed by atoms with Crippen molar-refractivity contribution in [2.75, 3.05) is 0 Å². The molecular weight excluding hydrogens is 144 g/mol. The predicted molar refractivity (Wildman–Crippen MR) is 37.3 cm³/mol. The molecule has 0 aliphatic carbocycles. The van der Waals surface area contributed by atoms with Crippen LogP contribution in [-0.4, -0.2) is 15.2 Å². The molecule has 0 saturated heterocycles. The van der Waals surface area contributed by atoms with E-state index in [1.54, 1.807) is 18.3 Å². The molecule has 0 bridgehead atoms. The Hall–Kier alpha value is -1.78. The molecule has 0 atom stereocenters. The van der Waals surface area contributed by atoms with E-state index in [1.165, 1.54) is 0 Å². The minimum atomic E-state index is 0.350. The van der Waals surface area contributed by atoms with E-state index >= 15 is 0 Å². The largest absolute Gasteiger partial charge is 0.331 e. The Kier molecular flexibility index (Phi) is 1.15. The number of H-pyrrole nitrogens is 1. The average molecular weight is 149 g/mol. The molecule has 0 amide bonds. The minimum Gasteiger partial charge on any atom is -0.210 e. The second-order valence-electron chi connectivity index (χ2n) is 2.06. The molecule has 0 radical (unpaired) electrons. The summed E-state index contributed by atoms with van der Waals surface area (Å²) < 4.78 is 0.617. The molecule has 2 aromatic heterocycles. The maximum atomic E-state index is 11.0. The number of aromatic amines is 1. The Morgan fingerprint density at radius 3 is 3.27 bits per heavy atom. The summed E-state index contributed by atoms with van der Waals surface area (Å²) in [7, 11) is 0. The van der Waals surface area contributed by atoms with E-state index in [-0.39, 0.29) is 0 Å². The third-order valence-corrected chi connectivity index (χ3v) is 1.34. The lowest BCUT2D eigenvalue weighted by molar-refractivity contribution is -0.471. The number of hydrogen-bond acceptors (Lipinski definition) is 3. The Morgan fingerprint density at radius 1 is 1.55 bits per heavy atom. The second-order valence-corrected chi connectivity index (χ2v) is 2.06. The van der Waals surface area contributed by atoms with Crippen molar-refractivity contribution in [2.24, 2.45) is 0 Å². The SMILES string of the molecule is O=[n+]1cn[nH]c2cccnc21. The summed E-state index contributed by atoms with van der Waals surface area (Å²) >= 11 is 0. The summed E-state index contributed by atoms with van der Waals surface area (Å²) in [6, 6.07) is 3.48. The van der Waals surface area contributed by atoms with Crippen LogP contribution >= 0.6 is 0 Å². The zero-order chi connectivity index (χ0) is 7.68. The van der Waals surface area contributed by atoms with Gasteiger partial charge in [-0.15, -0.1) is 4.98 Å². The lowest BCUT2D eigenvalue weighted by Gasteiger charge is -1.83. The van der Waals surface area contributed by atoms with Gasteiger partial charge in [-0.1, -0.05) is 4.91 Å². The van der Waals surface area contributed by atoms with E-state index in [9.17, 15) is 4.91 Å². The van der Waals surface area contributed by atoms with Gasteiger partial charge in [0.15, 0.2) is 5.52 Å². The number of hydrogen-bond donors (Lipinski definition) is 1. The highest BCUT2D eigenvalue weighted by Crippen LogP contribution is 1.96. The maximum absolute atomic E-state index is 11.0. The minimum absolute atomic E-state index is 0.350. The second kappa shape index (κ2) is 2.12. The quantitative estimate of drug-likeness (QED) is 0.531. The summed E-state index contributed by atoms with van der Waals surface area (Å²) in [5.74, 6) is 0. The molecule has 0 saturated carbocycles. The van der Waals surface area contributed by atoms with E-state index in [0.29, 0.717) is 15.6 Å². The highest BCUT2D eigenvalue weighted by Gasteiger charge is 2.02. The topological polar surface area (TPSA) is 64.5 Å². The van der Waals surface area contributed by atoms with E-state index < -0.39 is 0 Å². The summed E-state index contributed by atoms with van der Waals surface area (Å²) in [6.07, 6.45) is 2.69. The van der Waals surface area contributed by atoms with Crippen LogP contribution in [0.2, 0.25) is 0 Å². The van der Waals surface area contributed by atoms with Gasteiger partial charge in [0, 0.05) is 4.43 Å². The van der Waals surface area contributed by atoms with Gasteiger partial charge >= 0.3 is 5.65 Å². The number of nitrogens with zero attached hydrogens (tertiary/aromatic N) is 3. The van der Waals surface area contributed by atoms with Crippen molar-refractivity contribution < 1.29 is 4.43 Å². The van der Waals surface area contributed by atoms with E-state index in [4.69, 9.17) is 0 Å². The first-order valence-corrected chi connectivity index (χ1v) is 3.08. The number of nitrogens with one attached hydrogen (secondary N) is 1. The molecule has 0 unspecified atom stereocenters. The number of pyridine rings is 1. The standard InChI is InChI=1S/C6H5N4O/c11-10-4-8-9-5-2-1-3-7-6(5)10/h1-4H,(H,9,11)/q+1. The maximum Gasteiger partial charge on any atom is 0.331 e. The zero-order valence-electron chi connectivity index (χ0n) is 5.56. The molecule has 1 N–H and O–H groups in total. The third kappa shape index (κ3) is 0.861. The van der Waals surface area contributed by atoms with Crippen molar-refractivity contribution in [2.45, 2.75) is 0 Å². The first kappa shape index (κ1) is 5.96. The monoisotopic (exact) mass is 149 g/mol. The molecule has 0 aliphatic rings. The van der Waals surface area contributed by atoms with Crippen LogP contribution in [-0.2, 0) is 0 Å². The Labute approximate surface area is 61.3 Å². The van der Waals surface area contributed by atoms with Gasteiger partial charge in [0.05, 0.1) is 0 Å². The molecule has 0 spiro atoms. The highest BCUT2D eigenvalue weighted by atomic mass is 16.3. The van der Waals surface area contributed by atoms with Crippen molar-refractivity contribution >= 4 is 11.2 Å². The van der Waals surface area contributed by atoms with Crippen LogP contribution in [0.25, 0.3) is 11.2 Å². The van der Waals surface area contributed by atoms with Crippen molar-refractivity contribution in [3.63, 3.8) is 0 Å². The van der Waals surface area contributed by atoms with Gasteiger partial charge in [0.2, 0.25) is 0 Å². The van der Waals surface area contributed by atoms with Crippen molar-refractivity contribution in [3.8, 4) is 0 Å². The Balaban J connectivity index is 3.03. The van der Waals surface area contributed by atoms with Crippen LogP contribution in [0, 0.1) is 4.91 Å². The molecular formula is C6H5N4O+. The van der Waals surface area contributed by atoms with Crippen LogP contribution in [0.4, 0.5) is 0 Å². The first-order valence-electron chi connectivity index (χ1n) is 3.08. The van der Waals surface area contributed by atoms with Crippen LogP contribution in [0.1, 0.15) is 0 Å². The van der Waals surface area contributed by atoms with Gasteiger partial charge in [-0.05, 0) is 17.2 Å². The molecule has 11 heavy (non-hydrogen) atoms. The van der Waals surface area contributed by atoms with E-state index in [0.717, 1.165) is 6.33 Å². The van der Waals surface area contributed by atoms with Crippen LogP contribution < -0.4 is 4.43 Å². The molecule has 5 heteroatoms. The lowest BCUT2D eigenvalue weighted by atomic mass is 10.4. The molecule has 2 heterocycles. The number of fused-ring (bicyclic) bond motifs is 1. The Bertz CT molecular complexity index is 430. The van der Waals surface area contributed by atoms with Crippen molar-refractivity contribution in [3.05, 3.63) is 29.6 Å². The molecule has 0 fully saturated rings. The summed E-state index contributed by atoms with van der Waals surface area (Å²) in [5.41, 5.74) is 0.979. The molecule has 0 aromatic carbocycles. The molecule has 0 aliphatic heterocycles. The molecule has 2 aromatic rings. The van der Waals surface area contributed by atoms with Crippen molar-refractivity contribution in [1.29, 1.82) is 0 Å². The number of rotatable bonds is 0. The summed E-state index contributed by atoms with van der Waals surface area (Å²) in [6.45, 7) is 0. The van der Waals surface area contributed by atoms with Crippen LogP contribution in [0.15, 0.2) is 24.7 Å². The van der Waals surface area contributed by atoms with Gasteiger partial charge in [-0.3, -0.25) is 0 Å². The number of aromatic nitrogens is 4. The molecule has 5 nitrogen and oxygen atoms in total. The van der Waals surface area contributed by atoms with Gasteiger partial charge < -0.3 is 0 Å². The zero-order valence-corrected chi connectivity index (χ0v) is 5.56. The highest BCUT2D eigenvalue weighted by molar-refractivity contribution is 5.64. The molecule has 54 valence electrons. The normalized spacial score (nSPS) is 10.2. The summed E-state index contributed by atoms with van der Waals surface area (Å²) in [4.78, 5) is 14.8. The predicted octanol–water partition coefficient (Wildman–Crippen LogP) is -0.128. The fourth-order valence-corrected chi connectivity index (χ4v) is 0.865. The fraction of sp³-hybridized carbons (Fsp3) is 0. The van der Waals surface area contributed by atoms with Gasteiger partial charge in [0.25, 0.3) is 6.33 Å². The van der Waals surface area contributed by atoms with E-state index in [2.05, 4.69) is 15.2 Å². The third-order valence-electron chi connectivity index (χ3n) is 1.34. The van der Waals surface area contributed by atoms with Gasteiger partial charge in [0.1, 0.15) is 6.20 Å². The van der Waals surface area contributed by atoms with Gasteiger partial charge in [-0.25, -0.2) is 5.10 Å². The van der Waals surface area contributed by atoms with Crippen LogP contribution in [0.3, 0.4) is 0 Å². The smallest absolute Gasteiger partial charge is 0.210 e. The van der Waals surface area contributed by atoms with Gasteiger partial charge in [-0.2, -0.15) is 0 Å². The molecule has 2 rings (SSSR count). The first-order chi connectivity index (χ1) is 5.38. The van der Waals surface area contributed by atoms with Crippen LogP contribution in [0.5, 0.6) is 0 Å². The Morgan fingerprint density at radius 2 is 2.45 bits per heavy atom.